The van der Waals surface area contributed by atoms with Crippen molar-refractivity contribution in [2.45, 2.75) is 38.8 Å². The maximum atomic E-state index is 12.1. The lowest BCUT2D eigenvalue weighted by Crippen LogP contribution is -2.34. The van der Waals surface area contributed by atoms with E-state index < -0.39 is 6.10 Å². The van der Waals surface area contributed by atoms with Gasteiger partial charge in [-0.1, -0.05) is 0 Å². The molecule has 0 amide bonds. The number of aromatic nitrogens is 2. The summed E-state index contributed by atoms with van der Waals surface area (Å²) in [5.74, 6) is 0.468. The molecular formula is C11H16N2O3. The Morgan fingerprint density at radius 2 is 2.31 bits per heavy atom. The lowest BCUT2D eigenvalue weighted by molar-refractivity contribution is 0.129. The fraction of sp³-hybridized carbons (Fsp3) is 0.636. The van der Waals surface area contributed by atoms with Gasteiger partial charge in [-0.25, -0.2) is 4.98 Å². The highest BCUT2D eigenvalue weighted by atomic mass is 16.3. The molecular weight excluding hydrogens is 208 g/mol. The van der Waals surface area contributed by atoms with Crippen LogP contribution in [0, 0.1) is 6.92 Å². The summed E-state index contributed by atoms with van der Waals surface area (Å²) in [6, 6.07) is 0. The van der Waals surface area contributed by atoms with Crippen molar-refractivity contribution in [1.29, 1.82) is 0 Å². The van der Waals surface area contributed by atoms with E-state index in [2.05, 4.69) is 4.98 Å². The van der Waals surface area contributed by atoms with E-state index in [1.54, 1.807) is 6.92 Å². The Balaban J connectivity index is 2.58. The lowest BCUT2D eigenvalue weighted by Gasteiger charge is -2.23. The van der Waals surface area contributed by atoms with Crippen molar-refractivity contribution >= 4 is 0 Å². The van der Waals surface area contributed by atoms with Crippen molar-refractivity contribution in [2.24, 2.45) is 0 Å². The minimum Gasteiger partial charge on any atom is -0.396 e. The van der Waals surface area contributed by atoms with Crippen LogP contribution in [0.25, 0.3) is 0 Å². The normalized spacial score (nSPS) is 19.6. The highest BCUT2D eigenvalue weighted by Gasteiger charge is 2.22. The second-order valence-corrected chi connectivity index (χ2v) is 4.12. The summed E-state index contributed by atoms with van der Waals surface area (Å²) in [6.45, 7) is 2.30. The minimum atomic E-state index is -0.636. The first-order valence-corrected chi connectivity index (χ1v) is 5.54. The van der Waals surface area contributed by atoms with Crippen molar-refractivity contribution in [3.63, 3.8) is 0 Å². The second kappa shape index (κ2) is 4.35. The van der Waals surface area contributed by atoms with Crippen LogP contribution in [0.4, 0.5) is 0 Å². The fourth-order valence-corrected chi connectivity index (χ4v) is 2.16. The zero-order chi connectivity index (χ0) is 11.7. The largest absolute Gasteiger partial charge is 0.396 e. The first-order valence-electron chi connectivity index (χ1n) is 5.54. The van der Waals surface area contributed by atoms with Gasteiger partial charge in [0, 0.05) is 30.8 Å². The summed E-state index contributed by atoms with van der Waals surface area (Å²) in [5, 5.41) is 18.7. The van der Waals surface area contributed by atoms with Gasteiger partial charge in [-0.05, 0) is 19.8 Å². The molecule has 2 heterocycles. The van der Waals surface area contributed by atoms with Crippen molar-refractivity contribution in [3.05, 3.63) is 27.4 Å². The van der Waals surface area contributed by atoms with Crippen molar-refractivity contribution in [1.82, 2.24) is 9.55 Å². The first kappa shape index (κ1) is 11.3. The summed E-state index contributed by atoms with van der Waals surface area (Å²) in [6.07, 6.45) is 1.14. The van der Waals surface area contributed by atoms with Gasteiger partial charge in [0.25, 0.3) is 5.56 Å². The number of aryl methyl sites for hydroxylation is 1. The third kappa shape index (κ3) is 1.76. The molecule has 0 saturated carbocycles. The van der Waals surface area contributed by atoms with Crippen molar-refractivity contribution in [3.8, 4) is 0 Å². The van der Waals surface area contributed by atoms with Gasteiger partial charge in [-0.2, -0.15) is 0 Å². The van der Waals surface area contributed by atoms with Gasteiger partial charge >= 0.3 is 0 Å². The average Bonchev–Trinajstić information content (AvgIpc) is 2.26. The van der Waals surface area contributed by atoms with Gasteiger partial charge in [0.15, 0.2) is 0 Å². The van der Waals surface area contributed by atoms with Crippen LogP contribution in [0.2, 0.25) is 0 Å². The molecule has 1 aliphatic rings. The van der Waals surface area contributed by atoms with E-state index in [0.29, 0.717) is 36.5 Å². The Bertz CT molecular complexity index is 453. The maximum absolute atomic E-state index is 12.1. The molecule has 16 heavy (non-hydrogen) atoms. The van der Waals surface area contributed by atoms with Crippen LogP contribution < -0.4 is 5.56 Å². The van der Waals surface area contributed by atoms with Crippen molar-refractivity contribution in [2.75, 3.05) is 6.61 Å². The topological polar surface area (TPSA) is 75.4 Å². The molecule has 0 aliphatic carbocycles. The van der Waals surface area contributed by atoms with Crippen LogP contribution in [0.5, 0.6) is 0 Å². The van der Waals surface area contributed by atoms with Crippen molar-refractivity contribution < 1.29 is 10.2 Å². The predicted molar refractivity (Wildman–Crippen MR) is 58.2 cm³/mol. The molecule has 0 aromatic carbocycles. The third-order valence-corrected chi connectivity index (χ3v) is 3.02. The van der Waals surface area contributed by atoms with Gasteiger partial charge < -0.3 is 10.2 Å². The Morgan fingerprint density at radius 3 is 3.00 bits per heavy atom. The van der Waals surface area contributed by atoms with Gasteiger partial charge in [-0.3, -0.25) is 9.36 Å². The highest BCUT2D eigenvalue weighted by molar-refractivity contribution is 5.19. The molecule has 5 nitrogen and oxygen atoms in total. The number of rotatable bonds is 2. The molecule has 0 bridgehead atoms. The SMILES string of the molecule is Cc1nc2n(c(=O)c1CCO)CCCC2O. The number of fused-ring (bicyclic) bond motifs is 1. The molecule has 2 N–H and O–H groups in total. The molecule has 1 aliphatic heterocycles. The molecule has 1 unspecified atom stereocenters. The Labute approximate surface area is 93.4 Å². The summed E-state index contributed by atoms with van der Waals surface area (Å²) >= 11 is 0. The monoisotopic (exact) mass is 224 g/mol. The summed E-state index contributed by atoms with van der Waals surface area (Å²) < 4.78 is 1.53. The van der Waals surface area contributed by atoms with Gasteiger partial charge in [0.1, 0.15) is 11.9 Å². The van der Waals surface area contributed by atoms with Crippen LogP contribution >= 0.6 is 0 Å². The first-order chi connectivity index (χ1) is 7.65. The maximum Gasteiger partial charge on any atom is 0.257 e. The molecule has 1 aromatic rings. The Morgan fingerprint density at radius 1 is 1.56 bits per heavy atom. The van der Waals surface area contributed by atoms with Crippen LogP contribution in [-0.4, -0.2) is 26.4 Å². The molecule has 0 fully saturated rings. The number of aliphatic hydroxyl groups is 2. The summed E-state index contributed by atoms with van der Waals surface area (Å²) in [5.41, 5.74) is 1.06. The van der Waals surface area contributed by atoms with Crippen LogP contribution in [0.3, 0.4) is 0 Å². The molecule has 88 valence electrons. The zero-order valence-electron chi connectivity index (χ0n) is 9.31. The van der Waals surface area contributed by atoms with Crippen LogP contribution in [0.1, 0.15) is 36.0 Å². The number of aliphatic hydroxyl groups excluding tert-OH is 2. The molecule has 1 atom stereocenters. The number of hydrogen-bond donors (Lipinski definition) is 2. The van der Waals surface area contributed by atoms with Gasteiger partial charge in [-0.15, -0.1) is 0 Å². The minimum absolute atomic E-state index is 0.0559. The standard InChI is InChI=1S/C11H16N2O3/c1-7-8(4-6-14)11(16)13-5-2-3-9(15)10(13)12-7/h9,14-15H,2-6H2,1H3. The molecule has 2 rings (SSSR count). The average molecular weight is 224 g/mol. The molecule has 0 radical (unpaired) electrons. The highest BCUT2D eigenvalue weighted by Crippen LogP contribution is 2.21. The molecule has 1 aromatic heterocycles. The number of hydrogen-bond acceptors (Lipinski definition) is 4. The Hall–Kier alpha value is -1.20. The third-order valence-electron chi connectivity index (χ3n) is 3.02. The molecule has 5 heteroatoms. The predicted octanol–water partition coefficient (Wildman–Crippen LogP) is -0.0863. The Kier molecular flexibility index (Phi) is 3.07. The van der Waals surface area contributed by atoms with Gasteiger partial charge in [0.05, 0.1) is 0 Å². The lowest BCUT2D eigenvalue weighted by atomic mass is 10.1. The van der Waals surface area contributed by atoms with Gasteiger partial charge in [0.2, 0.25) is 0 Å². The van der Waals surface area contributed by atoms with E-state index in [-0.39, 0.29) is 12.2 Å². The molecule has 0 spiro atoms. The summed E-state index contributed by atoms with van der Waals surface area (Å²) in [7, 11) is 0. The van der Waals surface area contributed by atoms with E-state index in [4.69, 9.17) is 5.11 Å². The van der Waals surface area contributed by atoms with Crippen LogP contribution in [0.15, 0.2) is 4.79 Å². The van der Waals surface area contributed by atoms with E-state index >= 15 is 0 Å². The number of nitrogens with zero attached hydrogens (tertiary/aromatic N) is 2. The van der Waals surface area contributed by atoms with E-state index in [0.717, 1.165) is 6.42 Å². The smallest absolute Gasteiger partial charge is 0.257 e. The second-order valence-electron chi connectivity index (χ2n) is 4.12. The van der Waals surface area contributed by atoms with E-state index in [1.165, 1.54) is 4.57 Å². The zero-order valence-corrected chi connectivity index (χ0v) is 9.31. The van der Waals surface area contributed by atoms with E-state index in [1.807, 2.05) is 0 Å². The quantitative estimate of drug-likeness (QED) is 0.736. The van der Waals surface area contributed by atoms with Crippen LogP contribution in [-0.2, 0) is 13.0 Å². The molecule has 0 saturated heterocycles. The summed E-state index contributed by atoms with van der Waals surface area (Å²) in [4.78, 5) is 16.3. The van der Waals surface area contributed by atoms with E-state index in [9.17, 15) is 9.90 Å². The fourth-order valence-electron chi connectivity index (χ4n) is 2.16.